The zero-order valence-corrected chi connectivity index (χ0v) is 41.4. The molecular formula is C57H61N3O12S. The number of nitro benzene ring substituents is 1. The molecule has 382 valence electrons. The first-order valence-corrected chi connectivity index (χ1v) is 25.9. The largest absolute Gasteiger partial charge is 0.493 e. The molecule has 16 heteroatoms. The summed E-state index contributed by atoms with van der Waals surface area (Å²) in [5.41, 5.74) is 3.85. The molecule has 5 aromatic rings. The Morgan fingerprint density at radius 1 is 0.863 bits per heavy atom. The van der Waals surface area contributed by atoms with E-state index in [0.717, 1.165) is 53.0 Å². The smallest absolute Gasteiger partial charge is 0.416 e. The Labute approximate surface area is 429 Å². The van der Waals surface area contributed by atoms with Crippen LogP contribution in [0.25, 0.3) is 0 Å². The molecule has 0 spiro atoms. The zero-order valence-electron chi connectivity index (χ0n) is 40.6. The number of nitrogens with zero attached hydrogens (tertiary/aromatic N) is 3. The number of hydrogen-bond acceptors (Lipinski definition) is 14. The molecule has 6 atom stereocenters. The molecule has 0 saturated heterocycles. The minimum atomic E-state index is -1.61. The van der Waals surface area contributed by atoms with Gasteiger partial charge in [-0.2, -0.15) is 0 Å². The lowest BCUT2D eigenvalue weighted by molar-refractivity contribution is -0.384. The molecule has 5 aromatic carbocycles. The molecule has 0 aromatic heterocycles. The number of thioether (sulfide) groups is 1. The van der Waals surface area contributed by atoms with Gasteiger partial charge in [0.2, 0.25) is 12.6 Å². The standard InChI is InChI=1S/C57H61N3O12S/c1-2-29-69-57-53(59(36-40-19-25-51-52(32-40)68-38-67-51)56(63)71-43-22-20-42(21-23-43)60(64)65)35-49(58-70-37-39-13-5-3-6-14-39)47-33-41(15-9-11-27-61)46(18-10-12-28-62)54(55(47)57)48-34-44(24-26-50(48)72-57)66-30-31-73-45-16-7-4-8-17-45/h2-8,13-14,16-17,19-26,32-34,41,46,53-55,61-62H,1,9-12,15,18,27-31,35-38H2. The quantitative estimate of drug-likeness (QED) is 0.0196. The lowest BCUT2D eigenvalue weighted by Gasteiger charge is -2.59. The second kappa shape index (κ2) is 24.2. The number of aliphatic hydroxyl groups is 2. The third-order valence-corrected chi connectivity index (χ3v) is 14.9. The number of ether oxygens (including phenoxy) is 6. The predicted octanol–water partition coefficient (Wildman–Crippen LogP) is 11.0. The lowest BCUT2D eigenvalue weighted by Crippen LogP contribution is -2.70. The van der Waals surface area contributed by atoms with Crippen LogP contribution in [0.3, 0.4) is 0 Å². The van der Waals surface area contributed by atoms with E-state index in [-0.39, 0.29) is 75.4 Å². The molecule has 4 aliphatic rings. The minimum Gasteiger partial charge on any atom is -0.493 e. The summed E-state index contributed by atoms with van der Waals surface area (Å²) < 4.78 is 38.8. The van der Waals surface area contributed by atoms with E-state index >= 15 is 4.79 Å². The maximum absolute atomic E-state index is 15.3. The average Bonchev–Trinajstić information content (AvgIpc) is 3.89. The second-order valence-electron chi connectivity index (χ2n) is 18.5. The molecule has 0 bridgehead atoms. The van der Waals surface area contributed by atoms with Gasteiger partial charge in [-0.05, 0) is 109 Å². The summed E-state index contributed by atoms with van der Waals surface area (Å²) in [6.45, 7) is 4.91. The Balaban J connectivity index is 1.20. The summed E-state index contributed by atoms with van der Waals surface area (Å²) in [6, 6.07) is 35.7. The third kappa shape index (κ3) is 11.8. The molecule has 15 nitrogen and oxygen atoms in total. The number of oxime groups is 1. The molecule has 6 unspecified atom stereocenters. The number of unbranched alkanes of at least 4 members (excludes halogenated alkanes) is 2. The summed E-state index contributed by atoms with van der Waals surface area (Å²) >= 11 is 1.72. The molecule has 1 amide bonds. The first-order valence-electron chi connectivity index (χ1n) is 24.9. The molecule has 2 aliphatic heterocycles. The fourth-order valence-corrected chi connectivity index (χ4v) is 11.4. The molecule has 2 N–H and O–H groups in total. The Hall–Kier alpha value is -6.85. The van der Waals surface area contributed by atoms with Gasteiger partial charge in [0.15, 0.2) is 11.5 Å². The monoisotopic (exact) mass is 1010 g/mol. The Bertz CT molecular complexity index is 2740. The van der Waals surface area contributed by atoms with Crippen molar-refractivity contribution in [2.24, 2.45) is 22.9 Å². The van der Waals surface area contributed by atoms with Crippen LogP contribution >= 0.6 is 11.8 Å². The highest BCUT2D eigenvalue weighted by Gasteiger charge is 2.66. The SMILES string of the molecule is C=CCOC12Oc3ccc(OCCSc4ccccc4)cc3C3C(CCCCO)C(CCCCO)C=C(C(=NOCc4ccccc4)CC1N(Cc1ccc4c(c1)OCO4)C(=O)Oc1ccc([N+](=O)[O-])cc1)C32. The van der Waals surface area contributed by atoms with Gasteiger partial charge >= 0.3 is 6.09 Å². The third-order valence-electron chi connectivity index (χ3n) is 13.9. The van der Waals surface area contributed by atoms with Gasteiger partial charge in [0.1, 0.15) is 29.9 Å². The summed E-state index contributed by atoms with van der Waals surface area (Å²) in [5, 5.41) is 36.8. The van der Waals surface area contributed by atoms with Crippen LogP contribution in [0.15, 0.2) is 156 Å². The van der Waals surface area contributed by atoms with Crippen molar-refractivity contribution in [1.82, 2.24) is 4.90 Å². The number of aliphatic hydroxyl groups excluding tert-OH is 2. The topological polar surface area (TPSA) is 181 Å². The maximum Gasteiger partial charge on any atom is 0.416 e. The molecule has 1 fully saturated rings. The highest BCUT2D eigenvalue weighted by Crippen LogP contribution is 2.62. The van der Waals surface area contributed by atoms with Crippen molar-refractivity contribution in [2.75, 3.05) is 39.0 Å². The maximum atomic E-state index is 15.3. The average molecular weight is 1010 g/mol. The van der Waals surface area contributed by atoms with Crippen LogP contribution in [0.1, 0.15) is 67.6 Å². The second-order valence-corrected chi connectivity index (χ2v) is 19.6. The Morgan fingerprint density at radius 3 is 2.34 bits per heavy atom. The number of carbonyl (C=O) groups is 1. The lowest BCUT2D eigenvalue weighted by atomic mass is 9.55. The van der Waals surface area contributed by atoms with Crippen molar-refractivity contribution in [1.29, 1.82) is 0 Å². The van der Waals surface area contributed by atoms with E-state index in [1.807, 2.05) is 72.8 Å². The molecule has 9 rings (SSSR count). The van der Waals surface area contributed by atoms with Crippen molar-refractivity contribution in [2.45, 2.75) is 80.7 Å². The number of carbonyl (C=O) groups excluding carboxylic acids is 1. The summed E-state index contributed by atoms with van der Waals surface area (Å²) in [7, 11) is 0. The number of non-ortho nitro benzene ring substituents is 1. The van der Waals surface area contributed by atoms with Gasteiger partial charge in [-0.15, -0.1) is 18.3 Å². The number of hydrogen-bond donors (Lipinski definition) is 2. The fourth-order valence-electron chi connectivity index (χ4n) is 10.7. The van der Waals surface area contributed by atoms with Gasteiger partial charge in [0, 0.05) is 60.4 Å². The van der Waals surface area contributed by atoms with E-state index in [2.05, 4.69) is 30.9 Å². The van der Waals surface area contributed by atoms with Gasteiger partial charge in [-0.3, -0.25) is 15.0 Å². The molecule has 0 radical (unpaired) electrons. The van der Waals surface area contributed by atoms with Crippen molar-refractivity contribution in [3.05, 3.63) is 172 Å². The Morgan fingerprint density at radius 2 is 1.59 bits per heavy atom. The van der Waals surface area contributed by atoms with Gasteiger partial charge in [-0.1, -0.05) is 84.7 Å². The Kier molecular flexibility index (Phi) is 17.0. The van der Waals surface area contributed by atoms with Crippen LogP contribution in [-0.2, 0) is 22.7 Å². The molecule has 2 heterocycles. The number of amides is 1. The molecule has 2 aliphatic carbocycles. The van der Waals surface area contributed by atoms with Crippen molar-refractivity contribution in [3.8, 4) is 28.7 Å². The van der Waals surface area contributed by atoms with E-state index < -0.39 is 28.8 Å². The first-order chi connectivity index (χ1) is 35.8. The van der Waals surface area contributed by atoms with Crippen LogP contribution in [0, 0.1) is 27.9 Å². The van der Waals surface area contributed by atoms with Gasteiger partial charge in [-0.25, -0.2) is 4.79 Å². The van der Waals surface area contributed by atoms with Crippen molar-refractivity contribution in [3.63, 3.8) is 0 Å². The van der Waals surface area contributed by atoms with E-state index in [1.165, 1.54) is 24.3 Å². The number of rotatable bonds is 24. The number of fused-ring (bicyclic) bond motifs is 3. The molecule has 73 heavy (non-hydrogen) atoms. The van der Waals surface area contributed by atoms with Crippen LogP contribution in [-0.4, -0.2) is 82.6 Å². The molecular weight excluding hydrogens is 951 g/mol. The summed E-state index contributed by atoms with van der Waals surface area (Å²) in [4.78, 5) is 35.4. The van der Waals surface area contributed by atoms with Crippen molar-refractivity contribution < 1.29 is 53.2 Å². The van der Waals surface area contributed by atoms with Crippen molar-refractivity contribution >= 4 is 29.3 Å². The molecule has 1 saturated carbocycles. The first kappa shape index (κ1) is 51.1. The normalized spacial score (nSPS) is 21.8. The summed E-state index contributed by atoms with van der Waals surface area (Å²) in [6.07, 6.45) is 7.57. The summed E-state index contributed by atoms with van der Waals surface area (Å²) in [5.74, 6) is 0.608. The fraction of sp³-hybridized carbons (Fsp3) is 0.368. The highest BCUT2D eigenvalue weighted by molar-refractivity contribution is 7.99. The minimum absolute atomic E-state index is 0.00380. The van der Waals surface area contributed by atoms with Gasteiger partial charge in [0.05, 0.1) is 29.8 Å². The number of benzene rings is 5. The van der Waals surface area contributed by atoms with E-state index in [1.54, 1.807) is 28.8 Å². The zero-order chi connectivity index (χ0) is 50.6. The number of allylic oxidation sites excluding steroid dienone is 1. The van der Waals surface area contributed by atoms with Crippen LogP contribution in [0.5, 0.6) is 28.7 Å². The van der Waals surface area contributed by atoms with E-state index in [9.17, 15) is 20.3 Å². The van der Waals surface area contributed by atoms with Gasteiger partial charge < -0.3 is 43.5 Å². The van der Waals surface area contributed by atoms with E-state index in [0.29, 0.717) is 53.7 Å². The van der Waals surface area contributed by atoms with Crippen LogP contribution in [0.2, 0.25) is 0 Å². The van der Waals surface area contributed by atoms with Crippen LogP contribution in [0.4, 0.5) is 10.5 Å². The van der Waals surface area contributed by atoms with Gasteiger partial charge in [0.25, 0.3) is 5.69 Å². The van der Waals surface area contributed by atoms with E-state index in [4.69, 9.17) is 38.4 Å². The number of nitro groups is 1. The predicted molar refractivity (Wildman–Crippen MR) is 276 cm³/mol. The van der Waals surface area contributed by atoms with Crippen LogP contribution < -0.4 is 23.7 Å². The highest BCUT2D eigenvalue weighted by atomic mass is 32.2.